The highest BCUT2D eigenvalue weighted by Gasteiger charge is 2.53. The molecule has 1 heterocycles. The lowest BCUT2D eigenvalue weighted by Gasteiger charge is -2.38. The molecule has 0 unspecified atom stereocenters. The lowest BCUT2D eigenvalue weighted by Crippen LogP contribution is -2.52. The Balaban J connectivity index is 2.07. The number of carbonyl (C=O) groups is 1. The predicted molar refractivity (Wildman–Crippen MR) is 76.8 cm³/mol. The zero-order chi connectivity index (χ0) is 14.3. The van der Waals surface area contributed by atoms with Crippen LogP contribution < -0.4 is 4.90 Å². The van der Waals surface area contributed by atoms with Crippen LogP contribution in [0.3, 0.4) is 0 Å². The molecule has 1 aliphatic heterocycles. The van der Waals surface area contributed by atoms with Gasteiger partial charge in [-0.3, -0.25) is 4.79 Å². The molecule has 2 atom stereocenters. The van der Waals surface area contributed by atoms with Crippen LogP contribution in [-0.4, -0.2) is 36.9 Å². The zero-order valence-electron chi connectivity index (χ0n) is 12.0. The Morgan fingerprint density at radius 1 is 1.35 bits per heavy atom. The minimum absolute atomic E-state index is 0.227. The molecule has 0 amide bonds. The van der Waals surface area contributed by atoms with Gasteiger partial charge >= 0.3 is 5.97 Å². The number of hydrogen-bond donors (Lipinski definition) is 1. The molecule has 0 bridgehead atoms. The van der Waals surface area contributed by atoms with Crippen LogP contribution in [0.15, 0.2) is 24.3 Å². The van der Waals surface area contributed by atoms with Gasteiger partial charge < -0.3 is 14.7 Å². The molecule has 4 heteroatoms. The van der Waals surface area contributed by atoms with E-state index in [1.54, 1.807) is 0 Å². The van der Waals surface area contributed by atoms with E-state index < -0.39 is 11.5 Å². The normalized spacial score (nSPS) is 27.4. The first-order valence-electron chi connectivity index (χ1n) is 7.20. The summed E-state index contributed by atoms with van der Waals surface area (Å²) in [4.78, 5) is 14.3. The Labute approximate surface area is 119 Å². The summed E-state index contributed by atoms with van der Waals surface area (Å²) in [6.45, 7) is 0. The van der Waals surface area contributed by atoms with Crippen molar-refractivity contribution in [3.05, 3.63) is 29.8 Å². The van der Waals surface area contributed by atoms with Crippen LogP contribution in [0, 0.1) is 0 Å². The van der Waals surface area contributed by atoms with Crippen molar-refractivity contribution < 1.29 is 14.6 Å². The number of hydrogen-bond acceptors (Lipinski definition) is 4. The van der Waals surface area contributed by atoms with Crippen LogP contribution in [0.5, 0.6) is 0 Å². The number of aliphatic hydroxyl groups is 1. The second-order valence-corrected chi connectivity index (χ2v) is 5.93. The predicted octanol–water partition coefficient (Wildman–Crippen LogP) is 2.07. The largest absolute Gasteiger partial charge is 0.468 e. The van der Waals surface area contributed by atoms with Crippen molar-refractivity contribution in [1.29, 1.82) is 0 Å². The summed E-state index contributed by atoms with van der Waals surface area (Å²) >= 11 is 0. The molecule has 1 aromatic rings. The number of rotatable bonds is 2. The smallest absolute Gasteiger partial charge is 0.315 e. The van der Waals surface area contributed by atoms with Gasteiger partial charge in [0.25, 0.3) is 0 Å². The first-order chi connectivity index (χ1) is 9.58. The number of carbonyl (C=O) groups excluding carboxylic acids is 1. The molecule has 108 valence electrons. The Morgan fingerprint density at radius 3 is 2.65 bits per heavy atom. The van der Waals surface area contributed by atoms with Crippen molar-refractivity contribution in [3.8, 4) is 0 Å². The van der Waals surface area contributed by atoms with E-state index >= 15 is 0 Å². The summed E-state index contributed by atoms with van der Waals surface area (Å²) in [5, 5.41) is 11.0. The quantitative estimate of drug-likeness (QED) is 0.839. The molecule has 4 nitrogen and oxygen atoms in total. The maximum absolute atomic E-state index is 12.3. The average Bonchev–Trinajstić information content (AvgIpc) is 3.02. The number of fused-ring (bicyclic) bond motifs is 1. The summed E-state index contributed by atoms with van der Waals surface area (Å²) < 4.78 is 5.00. The van der Waals surface area contributed by atoms with Gasteiger partial charge in [-0.2, -0.15) is 0 Å². The first kappa shape index (κ1) is 13.4. The number of ether oxygens (including phenoxy) is 1. The SMILES string of the molecule is COC(=O)[C@@H]1c2ccccc2N(C)[C@H]1C1(O)CCCC1. The maximum atomic E-state index is 12.3. The summed E-state index contributed by atoms with van der Waals surface area (Å²) in [5.74, 6) is -0.656. The zero-order valence-corrected chi connectivity index (χ0v) is 12.0. The highest BCUT2D eigenvalue weighted by Crippen LogP contribution is 2.48. The summed E-state index contributed by atoms with van der Waals surface area (Å²) in [6.07, 6.45) is 3.54. The Morgan fingerprint density at radius 2 is 2.00 bits per heavy atom. The second kappa shape index (κ2) is 4.77. The maximum Gasteiger partial charge on any atom is 0.315 e. The van der Waals surface area contributed by atoms with Gasteiger partial charge in [0.1, 0.15) is 5.92 Å². The third-order valence-electron chi connectivity index (χ3n) is 4.86. The summed E-state index contributed by atoms with van der Waals surface area (Å²) in [5.41, 5.74) is 1.19. The van der Waals surface area contributed by atoms with E-state index in [2.05, 4.69) is 4.90 Å². The van der Waals surface area contributed by atoms with Crippen molar-refractivity contribution >= 4 is 11.7 Å². The molecule has 1 N–H and O–H groups in total. The number of benzene rings is 1. The van der Waals surface area contributed by atoms with Crippen LogP contribution in [0.25, 0.3) is 0 Å². The molecule has 20 heavy (non-hydrogen) atoms. The first-order valence-corrected chi connectivity index (χ1v) is 7.20. The monoisotopic (exact) mass is 275 g/mol. The van der Waals surface area contributed by atoms with Crippen molar-refractivity contribution in [1.82, 2.24) is 0 Å². The molecule has 2 aliphatic rings. The van der Waals surface area contributed by atoms with Crippen LogP contribution in [0.1, 0.15) is 37.2 Å². The van der Waals surface area contributed by atoms with E-state index in [9.17, 15) is 9.90 Å². The number of likely N-dealkylation sites (N-methyl/N-ethyl adjacent to an activating group) is 1. The van der Waals surface area contributed by atoms with E-state index in [-0.39, 0.29) is 12.0 Å². The third kappa shape index (κ3) is 1.82. The van der Waals surface area contributed by atoms with Gasteiger partial charge in [0, 0.05) is 12.7 Å². The Hall–Kier alpha value is -1.55. The van der Waals surface area contributed by atoms with Gasteiger partial charge in [-0.05, 0) is 24.5 Å². The topological polar surface area (TPSA) is 49.8 Å². The second-order valence-electron chi connectivity index (χ2n) is 5.93. The Bertz CT molecular complexity index is 522. The standard InChI is InChI=1S/C16H21NO3/c1-17-12-8-4-3-7-11(12)13(15(18)20-2)14(17)16(19)9-5-6-10-16/h3-4,7-8,13-14,19H,5-6,9-10H2,1-2H3/t13-,14-/m1/s1. The molecule has 3 rings (SSSR count). The summed E-state index contributed by atoms with van der Waals surface area (Å²) in [6, 6.07) is 7.64. The van der Waals surface area contributed by atoms with Crippen molar-refractivity contribution in [3.63, 3.8) is 0 Å². The molecule has 0 radical (unpaired) electrons. The number of methoxy groups -OCH3 is 1. The van der Waals surface area contributed by atoms with Crippen LogP contribution in [0.2, 0.25) is 0 Å². The minimum Gasteiger partial charge on any atom is -0.468 e. The lowest BCUT2D eigenvalue weighted by atomic mass is 9.82. The molecule has 1 saturated carbocycles. The minimum atomic E-state index is -0.799. The average molecular weight is 275 g/mol. The van der Waals surface area contributed by atoms with Crippen LogP contribution in [0.4, 0.5) is 5.69 Å². The molecule has 0 spiro atoms. The third-order valence-corrected chi connectivity index (χ3v) is 4.86. The van der Waals surface area contributed by atoms with Crippen molar-refractivity contribution in [2.75, 3.05) is 19.1 Å². The molecule has 1 fully saturated rings. The van der Waals surface area contributed by atoms with Crippen LogP contribution in [-0.2, 0) is 9.53 Å². The van der Waals surface area contributed by atoms with Gasteiger partial charge in [0.2, 0.25) is 0 Å². The fraction of sp³-hybridized carbons (Fsp3) is 0.562. The number of nitrogens with zero attached hydrogens (tertiary/aromatic N) is 1. The van der Waals surface area contributed by atoms with Gasteiger partial charge in [0.15, 0.2) is 0 Å². The number of esters is 1. The molecular weight excluding hydrogens is 254 g/mol. The van der Waals surface area contributed by atoms with Crippen molar-refractivity contribution in [2.24, 2.45) is 0 Å². The summed E-state index contributed by atoms with van der Waals surface area (Å²) in [7, 11) is 3.38. The lowest BCUT2D eigenvalue weighted by molar-refractivity contribution is -0.144. The highest BCUT2D eigenvalue weighted by molar-refractivity contribution is 5.85. The fourth-order valence-electron chi connectivity index (χ4n) is 3.95. The van der Waals surface area contributed by atoms with Gasteiger partial charge in [-0.25, -0.2) is 0 Å². The van der Waals surface area contributed by atoms with E-state index in [0.717, 1.165) is 36.9 Å². The van der Waals surface area contributed by atoms with Crippen LogP contribution >= 0.6 is 0 Å². The van der Waals surface area contributed by atoms with Gasteiger partial charge in [-0.1, -0.05) is 31.0 Å². The van der Waals surface area contributed by atoms with Gasteiger partial charge in [-0.15, -0.1) is 0 Å². The van der Waals surface area contributed by atoms with Crippen molar-refractivity contribution in [2.45, 2.75) is 43.2 Å². The van der Waals surface area contributed by atoms with Gasteiger partial charge in [0.05, 0.1) is 18.8 Å². The molecule has 1 aliphatic carbocycles. The number of para-hydroxylation sites is 1. The van der Waals surface area contributed by atoms with E-state index in [0.29, 0.717) is 0 Å². The van der Waals surface area contributed by atoms with E-state index in [1.165, 1.54) is 7.11 Å². The Kier molecular flexibility index (Phi) is 3.21. The van der Waals surface area contributed by atoms with E-state index in [1.807, 2.05) is 31.3 Å². The molecule has 0 saturated heterocycles. The molecule has 0 aromatic heterocycles. The molecule has 1 aromatic carbocycles. The number of anilines is 1. The van der Waals surface area contributed by atoms with E-state index in [4.69, 9.17) is 4.74 Å². The molecular formula is C16H21NO3. The fourth-order valence-corrected chi connectivity index (χ4v) is 3.95. The highest BCUT2D eigenvalue weighted by atomic mass is 16.5.